The van der Waals surface area contributed by atoms with Crippen LogP contribution in [0.2, 0.25) is 0 Å². The fraction of sp³-hybridized carbons (Fsp3) is 0.308. The lowest BCUT2D eigenvalue weighted by molar-refractivity contribution is -0.274. The third-order valence-electron chi connectivity index (χ3n) is 2.67. The first-order valence-corrected chi connectivity index (χ1v) is 6.76. The summed E-state index contributed by atoms with van der Waals surface area (Å²) in [5.74, 6) is 0.747. The number of nitrogens with zero attached hydrogens (tertiary/aromatic N) is 1. The van der Waals surface area contributed by atoms with E-state index in [4.69, 9.17) is 4.42 Å². The Hall–Kier alpha value is -1.70. The van der Waals surface area contributed by atoms with Gasteiger partial charge in [-0.25, -0.2) is 4.98 Å². The third kappa shape index (κ3) is 4.38. The molecule has 2 rings (SSSR count). The van der Waals surface area contributed by atoms with Crippen molar-refractivity contribution in [3.63, 3.8) is 0 Å². The lowest BCUT2D eigenvalue weighted by Crippen LogP contribution is -2.18. The summed E-state index contributed by atoms with van der Waals surface area (Å²) >= 11 is 3.11. The Kier molecular flexibility index (Phi) is 4.46. The van der Waals surface area contributed by atoms with Crippen molar-refractivity contribution in [2.75, 3.05) is 5.32 Å². The van der Waals surface area contributed by atoms with Crippen molar-refractivity contribution in [3.05, 3.63) is 40.0 Å². The number of benzene rings is 1. The normalized spacial score (nSPS) is 11.5. The van der Waals surface area contributed by atoms with Crippen LogP contribution in [0.15, 0.2) is 27.1 Å². The fourth-order valence-electron chi connectivity index (χ4n) is 1.64. The van der Waals surface area contributed by atoms with E-state index in [1.807, 2.05) is 0 Å². The molecule has 1 aromatic carbocycles. The highest BCUT2D eigenvalue weighted by Crippen LogP contribution is 2.33. The van der Waals surface area contributed by atoms with Gasteiger partial charge in [-0.1, -0.05) is 15.9 Å². The molecule has 114 valence electrons. The Bertz CT molecular complexity index is 621. The summed E-state index contributed by atoms with van der Waals surface area (Å²) in [4.78, 5) is 4.15. The number of oxazole rings is 1. The number of alkyl halides is 3. The van der Waals surface area contributed by atoms with Crippen molar-refractivity contribution in [2.45, 2.75) is 26.8 Å². The van der Waals surface area contributed by atoms with Crippen molar-refractivity contribution in [2.24, 2.45) is 0 Å². The molecule has 1 N–H and O–H groups in total. The van der Waals surface area contributed by atoms with E-state index in [-0.39, 0.29) is 18.0 Å². The summed E-state index contributed by atoms with van der Waals surface area (Å²) in [5.41, 5.74) is 0.943. The highest BCUT2D eigenvalue weighted by Gasteiger charge is 2.32. The maximum Gasteiger partial charge on any atom is 0.573 e. The van der Waals surface area contributed by atoms with Crippen molar-refractivity contribution >= 4 is 21.6 Å². The standard InChI is InChI=1S/C13H12BrF3N2O2/c1-7-8(2)20-12(19-7)6-18-10-4-3-9(14)5-11(10)21-13(15,16)17/h3-5,18H,6H2,1-2H3. The molecule has 2 aromatic rings. The summed E-state index contributed by atoms with van der Waals surface area (Å²) in [6.07, 6.45) is -4.76. The molecular formula is C13H12BrF3N2O2. The number of aromatic nitrogens is 1. The Morgan fingerprint density at radius 1 is 1.33 bits per heavy atom. The van der Waals surface area contributed by atoms with Crippen LogP contribution in [0.1, 0.15) is 17.3 Å². The Balaban J connectivity index is 2.15. The van der Waals surface area contributed by atoms with Crippen LogP contribution in [-0.2, 0) is 6.54 Å². The average Bonchev–Trinajstić information content (AvgIpc) is 2.66. The van der Waals surface area contributed by atoms with Crippen LogP contribution in [0.25, 0.3) is 0 Å². The van der Waals surface area contributed by atoms with E-state index in [1.165, 1.54) is 12.1 Å². The number of nitrogens with one attached hydrogen (secondary N) is 1. The number of hydrogen-bond donors (Lipinski definition) is 1. The SMILES string of the molecule is Cc1nc(CNc2ccc(Br)cc2OC(F)(F)F)oc1C. The highest BCUT2D eigenvalue weighted by molar-refractivity contribution is 9.10. The van der Waals surface area contributed by atoms with Gasteiger partial charge in [-0.05, 0) is 32.0 Å². The monoisotopic (exact) mass is 364 g/mol. The van der Waals surface area contributed by atoms with E-state index in [0.717, 1.165) is 5.69 Å². The summed E-state index contributed by atoms with van der Waals surface area (Å²) in [6.45, 7) is 3.72. The molecule has 8 heteroatoms. The van der Waals surface area contributed by atoms with Crippen LogP contribution in [0.4, 0.5) is 18.9 Å². The molecule has 0 fully saturated rings. The molecule has 0 aliphatic rings. The van der Waals surface area contributed by atoms with Gasteiger partial charge in [0.1, 0.15) is 5.76 Å². The van der Waals surface area contributed by atoms with Gasteiger partial charge in [0.2, 0.25) is 5.89 Å². The Labute approximate surface area is 127 Å². The number of anilines is 1. The van der Waals surface area contributed by atoms with Crippen LogP contribution in [0.5, 0.6) is 5.75 Å². The number of ether oxygens (including phenoxy) is 1. The van der Waals surface area contributed by atoms with Gasteiger partial charge in [0.25, 0.3) is 0 Å². The van der Waals surface area contributed by atoms with Crippen LogP contribution >= 0.6 is 15.9 Å². The molecule has 0 bridgehead atoms. The van der Waals surface area contributed by atoms with Crippen molar-refractivity contribution in [3.8, 4) is 5.75 Å². The van der Waals surface area contributed by atoms with Crippen molar-refractivity contribution in [1.29, 1.82) is 0 Å². The summed E-state index contributed by atoms with van der Waals surface area (Å²) in [6, 6.07) is 4.33. The second kappa shape index (κ2) is 5.97. The molecule has 0 saturated heterocycles. The van der Waals surface area contributed by atoms with Gasteiger partial charge < -0.3 is 14.5 Å². The van der Waals surface area contributed by atoms with Crippen molar-refractivity contribution in [1.82, 2.24) is 4.98 Å². The van der Waals surface area contributed by atoms with Gasteiger partial charge in [0.15, 0.2) is 5.75 Å². The second-order valence-electron chi connectivity index (χ2n) is 4.29. The molecule has 0 aliphatic carbocycles. The number of rotatable bonds is 4. The molecule has 0 atom stereocenters. The first kappa shape index (κ1) is 15.7. The molecule has 0 spiro atoms. The first-order valence-electron chi connectivity index (χ1n) is 5.96. The summed E-state index contributed by atoms with van der Waals surface area (Å²) in [7, 11) is 0. The number of hydrogen-bond acceptors (Lipinski definition) is 4. The molecule has 1 aromatic heterocycles. The second-order valence-corrected chi connectivity index (χ2v) is 5.21. The predicted octanol–water partition coefficient (Wildman–Crippen LogP) is 4.56. The van der Waals surface area contributed by atoms with E-state index >= 15 is 0 Å². The fourth-order valence-corrected chi connectivity index (χ4v) is 1.98. The minimum Gasteiger partial charge on any atom is -0.444 e. The zero-order valence-electron chi connectivity index (χ0n) is 11.2. The number of aryl methyl sites for hydroxylation is 2. The first-order chi connectivity index (χ1) is 9.74. The largest absolute Gasteiger partial charge is 0.573 e. The lowest BCUT2D eigenvalue weighted by Gasteiger charge is -2.14. The average molecular weight is 365 g/mol. The Morgan fingerprint density at radius 3 is 2.62 bits per heavy atom. The molecule has 1 heterocycles. The van der Waals surface area contributed by atoms with E-state index in [2.05, 4.69) is 31.0 Å². The zero-order valence-corrected chi connectivity index (χ0v) is 12.8. The molecule has 0 amide bonds. The Morgan fingerprint density at radius 2 is 2.05 bits per heavy atom. The van der Waals surface area contributed by atoms with E-state index < -0.39 is 6.36 Å². The summed E-state index contributed by atoms with van der Waals surface area (Å²) < 4.78 is 47.0. The van der Waals surface area contributed by atoms with Crippen molar-refractivity contribution < 1.29 is 22.3 Å². The molecule has 4 nitrogen and oxygen atoms in total. The third-order valence-corrected chi connectivity index (χ3v) is 3.17. The molecular weight excluding hydrogens is 353 g/mol. The quantitative estimate of drug-likeness (QED) is 0.863. The van der Waals surface area contributed by atoms with Crippen LogP contribution in [0.3, 0.4) is 0 Å². The zero-order chi connectivity index (χ0) is 15.6. The van der Waals surface area contributed by atoms with Gasteiger partial charge in [0.05, 0.1) is 17.9 Å². The molecule has 0 aliphatic heterocycles. The molecule has 0 unspecified atom stereocenters. The van der Waals surface area contributed by atoms with Gasteiger partial charge in [-0.2, -0.15) is 0 Å². The number of halogens is 4. The highest BCUT2D eigenvalue weighted by atomic mass is 79.9. The summed E-state index contributed by atoms with van der Waals surface area (Å²) in [5, 5.41) is 2.82. The lowest BCUT2D eigenvalue weighted by atomic mass is 10.3. The van der Waals surface area contributed by atoms with Gasteiger partial charge in [0, 0.05) is 4.47 Å². The van der Waals surface area contributed by atoms with E-state index in [1.54, 1.807) is 19.9 Å². The van der Waals surface area contributed by atoms with Gasteiger partial charge in [-0.3, -0.25) is 0 Å². The smallest absolute Gasteiger partial charge is 0.444 e. The van der Waals surface area contributed by atoms with Crippen LogP contribution < -0.4 is 10.1 Å². The predicted molar refractivity (Wildman–Crippen MR) is 74.1 cm³/mol. The van der Waals surface area contributed by atoms with Gasteiger partial charge in [-0.15, -0.1) is 13.2 Å². The minimum absolute atomic E-state index is 0.157. The van der Waals surface area contributed by atoms with Crippen LogP contribution in [0, 0.1) is 13.8 Å². The molecule has 21 heavy (non-hydrogen) atoms. The maximum atomic E-state index is 12.4. The molecule has 0 radical (unpaired) electrons. The molecule has 0 saturated carbocycles. The topological polar surface area (TPSA) is 47.3 Å². The van der Waals surface area contributed by atoms with Gasteiger partial charge >= 0.3 is 6.36 Å². The van der Waals surface area contributed by atoms with E-state index in [9.17, 15) is 13.2 Å². The minimum atomic E-state index is -4.76. The maximum absolute atomic E-state index is 12.4. The van der Waals surface area contributed by atoms with E-state index in [0.29, 0.717) is 16.1 Å². The van der Waals surface area contributed by atoms with Crippen LogP contribution in [-0.4, -0.2) is 11.3 Å².